The Balaban J connectivity index is 2.16. The number of aliphatic carboxylic acids is 1. The summed E-state index contributed by atoms with van der Waals surface area (Å²) in [4.78, 5) is 21.7. The maximum atomic E-state index is 10.9. The summed E-state index contributed by atoms with van der Waals surface area (Å²) in [5, 5.41) is 11.4. The van der Waals surface area contributed by atoms with Gasteiger partial charge in [0.2, 0.25) is 0 Å². The molecule has 0 saturated carbocycles. The summed E-state index contributed by atoms with van der Waals surface area (Å²) in [5.74, 6) is -1.07. The van der Waals surface area contributed by atoms with Gasteiger partial charge >= 0.3 is 5.97 Å². The minimum Gasteiger partial charge on any atom is -0.480 e. The molecule has 21 heavy (non-hydrogen) atoms. The zero-order valence-electron chi connectivity index (χ0n) is 12.0. The van der Waals surface area contributed by atoms with Gasteiger partial charge in [0, 0.05) is 17.6 Å². The molecule has 1 unspecified atom stereocenters. The van der Waals surface area contributed by atoms with Crippen LogP contribution < -0.4 is 10.6 Å². The molecule has 0 saturated heterocycles. The first-order valence-electron chi connectivity index (χ1n) is 6.62. The zero-order valence-corrected chi connectivity index (χ0v) is 12.8. The quantitative estimate of drug-likeness (QED) is 0.847. The molecular formula is C14H18N4O2S. The van der Waals surface area contributed by atoms with Crippen molar-refractivity contribution >= 4 is 22.4 Å². The molecule has 1 atom stereocenters. The van der Waals surface area contributed by atoms with Crippen LogP contribution in [0.3, 0.4) is 0 Å². The number of pyridine rings is 1. The summed E-state index contributed by atoms with van der Waals surface area (Å²) in [7, 11) is 0. The van der Waals surface area contributed by atoms with Crippen molar-refractivity contribution < 1.29 is 9.90 Å². The van der Waals surface area contributed by atoms with Crippen LogP contribution in [0, 0.1) is 6.92 Å². The molecule has 0 bridgehead atoms. The third-order valence-electron chi connectivity index (χ3n) is 3.05. The van der Waals surface area contributed by atoms with Gasteiger partial charge in [0.25, 0.3) is 0 Å². The number of carbonyl (C=O) groups is 1. The fourth-order valence-corrected chi connectivity index (χ4v) is 2.81. The predicted molar refractivity (Wildman–Crippen MR) is 82.4 cm³/mol. The Morgan fingerprint density at radius 2 is 2.24 bits per heavy atom. The second-order valence-corrected chi connectivity index (χ2v) is 5.49. The molecule has 0 spiro atoms. The van der Waals surface area contributed by atoms with E-state index in [9.17, 15) is 4.79 Å². The van der Waals surface area contributed by atoms with Crippen molar-refractivity contribution in [3.05, 3.63) is 40.7 Å². The van der Waals surface area contributed by atoms with E-state index in [0.29, 0.717) is 12.2 Å². The number of nitrogens with zero attached hydrogens (tertiary/aromatic N) is 3. The van der Waals surface area contributed by atoms with Crippen LogP contribution in [0.25, 0.3) is 0 Å². The maximum absolute atomic E-state index is 10.9. The number of nitrogens with two attached hydrogens (primary N) is 1. The van der Waals surface area contributed by atoms with E-state index < -0.39 is 12.0 Å². The van der Waals surface area contributed by atoms with E-state index in [1.54, 1.807) is 5.38 Å². The van der Waals surface area contributed by atoms with Crippen LogP contribution >= 0.6 is 11.3 Å². The number of carboxylic acids is 1. The van der Waals surface area contributed by atoms with Gasteiger partial charge in [-0.2, -0.15) is 0 Å². The topological polar surface area (TPSA) is 92.3 Å². The third kappa shape index (κ3) is 3.77. The first kappa shape index (κ1) is 15.4. The number of hydrogen-bond donors (Lipinski definition) is 2. The lowest BCUT2D eigenvalue weighted by atomic mass is 10.2. The maximum Gasteiger partial charge on any atom is 0.326 e. The first-order chi connectivity index (χ1) is 10.0. The molecule has 3 N–H and O–H groups in total. The molecule has 0 amide bonds. The fourth-order valence-electron chi connectivity index (χ4n) is 1.89. The molecule has 6 nitrogen and oxygen atoms in total. The van der Waals surface area contributed by atoms with E-state index in [-0.39, 0.29) is 0 Å². The number of thiazole rings is 1. The van der Waals surface area contributed by atoms with Crippen LogP contribution in [-0.4, -0.2) is 27.6 Å². The number of anilines is 1. The number of aromatic nitrogens is 2. The Bertz CT molecular complexity index is 629. The first-order valence-corrected chi connectivity index (χ1v) is 7.50. The standard InChI is InChI=1S/C14H18N4O2S/c1-3-18(7-10-6-4-5-9(2)16-10)14-17-11(8-21-14)12(15)13(19)20/h4-6,8,12H,3,7,15H2,1-2H3,(H,19,20). The van der Waals surface area contributed by atoms with Gasteiger partial charge < -0.3 is 15.7 Å². The lowest BCUT2D eigenvalue weighted by Crippen LogP contribution is -2.24. The van der Waals surface area contributed by atoms with Crippen molar-refractivity contribution in [1.82, 2.24) is 9.97 Å². The van der Waals surface area contributed by atoms with Crippen LogP contribution in [0.2, 0.25) is 0 Å². The highest BCUT2D eigenvalue weighted by Crippen LogP contribution is 2.24. The minimum absolute atomic E-state index is 0.387. The Morgan fingerprint density at radius 3 is 2.86 bits per heavy atom. The second-order valence-electron chi connectivity index (χ2n) is 4.66. The molecule has 112 valence electrons. The van der Waals surface area contributed by atoms with E-state index in [4.69, 9.17) is 10.8 Å². The molecular weight excluding hydrogens is 288 g/mol. The van der Waals surface area contributed by atoms with Crippen LogP contribution in [-0.2, 0) is 11.3 Å². The molecule has 0 aliphatic rings. The Kier molecular flexibility index (Phi) is 4.87. The van der Waals surface area contributed by atoms with Gasteiger partial charge in [0.1, 0.15) is 6.04 Å². The highest BCUT2D eigenvalue weighted by Gasteiger charge is 2.19. The van der Waals surface area contributed by atoms with Gasteiger partial charge in [-0.25, -0.2) is 4.98 Å². The fraction of sp³-hybridized carbons (Fsp3) is 0.357. The average Bonchev–Trinajstić information content (AvgIpc) is 2.93. The van der Waals surface area contributed by atoms with Gasteiger partial charge in [-0.1, -0.05) is 6.07 Å². The third-order valence-corrected chi connectivity index (χ3v) is 3.97. The molecule has 7 heteroatoms. The van der Waals surface area contributed by atoms with E-state index >= 15 is 0 Å². The number of aryl methyl sites for hydroxylation is 1. The molecule has 0 aromatic carbocycles. The lowest BCUT2D eigenvalue weighted by molar-refractivity contribution is -0.138. The molecule has 0 fully saturated rings. The molecule has 2 aromatic heterocycles. The highest BCUT2D eigenvalue weighted by molar-refractivity contribution is 7.13. The summed E-state index contributed by atoms with van der Waals surface area (Å²) in [5.41, 5.74) is 7.89. The Hall–Kier alpha value is -1.99. The summed E-state index contributed by atoms with van der Waals surface area (Å²) in [6.45, 7) is 5.36. The average molecular weight is 306 g/mol. The van der Waals surface area contributed by atoms with Crippen LogP contribution in [0.15, 0.2) is 23.6 Å². The second kappa shape index (κ2) is 6.64. The normalized spacial score (nSPS) is 12.1. The molecule has 2 aromatic rings. The lowest BCUT2D eigenvalue weighted by Gasteiger charge is -2.19. The number of carboxylic acid groups (broad SMARTS) is 1. The molecule has 0 radical (unpaired) electrons. The van der Waals surface area contributed by atoms with E-state index in [1.807, 2.05) is 36.9 Å². The predicted octanol–water partition coefficient (Wildman–Crippen LogP) is 1.96. The van der Waals surface area contributed by atoms with Gasteiger partial charge in [-0.05, 0) is 26.0 Å². The molecule has 2 heterocycles. The molecule has 0 aliphatic carbocycles. The summed E-state index contributed by atoms with van der Waals surface area (Å²) in [6, 6.07) is 4.81. The van der Waals surface area contributed by atoms with Crippen molar-refractivity contribution in [2.24, 2.45) is 5.73 Å². The van der Waals surface area contributed by atoms with Crippen molar-refractivity contribution in [3.8, 4) is 0 Å². The van der Waals surface area contributed by atoms with Crippen molar-refractivity contribution in [2.75, 3.05) is 11.4 Å². The smallest absolute Gasteiger partial charge is 0.326 e. The largest absolute Gasteiger partial charge is 0.480 e. The Labute approximate surface area is 127 Å². The van der Waals surface area contributed by atoms with Gasteiger partial charge in [-0.15, -0.1) is 11.3 Å². The molecule has 0 aliphatic heterocycles. The molecule has 2 rings (SSSR count). The van der Waals surface area contributed by atoms with Crippen molar-refractivity contribution in [3.63, 3.8) is 0 Å². The Morgan fingerprint density at radius 1 is 1.48 bits per heavy atom. The van der Waals surface area contributed by atoms with Gasteiger partial charge in [0.05, 0.1) is 17.9 Å². The summed E-state index contributed by atoms with van der Waals surface area (Å²) >= 11 is 1.40. The van der Waals surface area contributed by atoms with Gasteiger partial charge in [0.15, 0.2) is 5.13 Å². The number of rotatable bonds is 6. The van der Waals surface area contributed by atoms with Crippen molar-refractivity contribution in [2.45, 2.75) is 26.4 Å². The zero-order chi connectivity index (χ0) is 15.4. The number of hydrogen-bond acceptors (Lipinski definition) is 6. The summed E-state index contributed by atoms with van der Waals surface area (Å²) in [6.07, 6.45) is 0. The van der Waals surface area contributed by atoms with Crippen LogP contribution in [0.4, 0.5) is 5.13 Å². The SMILES string of the molecule is CCN(Cc1cccc(C)n1)c1nc(C(N)C(=O)O)cs1. The van der Waals surface area contributed by atoms with Crippen LogP contribution in [0.5, 0.6) is 0 Å². The van der Waals surface area contributed by atoms with E-state index in [0.717, 1.165) is 23.1 Å². The highest BCUT2D eigenvalue weighted by atomic mass is 32.1. The van der Waals surface area contributed by atoms with Crippen molar-refractivity contribution in [1.29, 1.82) is 0 Å². The minimum atomic E-state index is -1.08. The summed E-state index contributed by atoms with van der Waals surface area (Å²) < 4.78 is 0. The van der Waals surface area contributed by atoms with E-state index in [1.165, 1.54) is 11.3 Å². The van der Waals surface area contributed by atoms with Crippen LogP contribution in [0.1, 0.15) is 30.0 Å². The van der Waals surface area contributed by atoms with Gasteiger partial charge in [-0.3, -0.25) is 9.78 Å². The van der Waals surface area contributed by atoms with E-state index in [2.05, 4.69) is 9.97 Å². The monoisotopic (exact) mass is 306 g/mol.